The second-order valence-electron chi connectivity index (χ2n) is 6.27. The second kappa shape index (κ2) is 8.24. The van der Waals surface area contributed by atoms with Gasteiger partial charge in [-0.1, -0.05) is 42.5 Å². The maximum absolute atomic E-state index is 13.4. The lowest BCUT2D eigenvalue weighted by molar-refractivity contribution is 0.590. The van der Waals surface area contributed by atoms with Crippen LogP contribution in [-0.2, 0) is 16.4 Å². The van der Waals surface area contributed by atoms with E-state index in [1.165, 1.54) is 23.5 Å². The molecule has 6 nitrogen and oxygen atoms in total. The molecule has 0 amide bonds. The number of hydrogen-bond acceptors (Lipinski definition) is 5. The van der Waals surface area contributed by atoms with Crippen LogP contribution in [0.3, 0.4) is 0 Å². The fourth-order valence-electron chi connectivity index (χ4n) is 2.75. The summed E-state index contributed by atoms with van der Waals surface area (Å²) in [5, 5.41) is 7.48. The van der Waals surface area contributed by atoms with Gasteiger partial charge in [-0.15, -0.1) is 16.4 Å². The van der Waals surface area contributed by atoms with Gasteiger partial charge in [0.15, 0.2) is 5.82 Å². The fraction of sp³-hybridized carbons (Fsp3) is 0.100. The first kappa shape index (κ1) is 19.4. The molecular weight excluding hydrogens is 411 g/mol. The molecule has 0 aliphatic carbocycles. The number of rotatable bonds is 7. The highest BCUT2D eigenvalue weighted by atomic mass is 32.2. The molecule has 1 N–H and O–H groups in total. The van der Waals surface area contributed by atoms with Crippen LogP contribution in [0.5, 0.6) is 0 Å². The standard InChI is InChI=1S/C20H17FN4O2S2/c21-17-8-4-7-16(13-17)19-23-20-25(24-19)18(14-28-20)9-11-22-29(26,27)12-10-15-5-2-1-3-6-15/h1-8,10,12-14,22H,9,11H2/b12-10+. The van der Waals surface area contributed by atoms with Gasteiger partial charge in [-0.05, 0) is 23.8 Å². The number of nitrogens with zero attached hydrogens (tertiary/aromatic N) is 3. The van der Waals surface area contributed by atoms with Crippen molar-refractivity contribution in [3.05, 3.63) is 82.5 Å². The molecule has 0 fully saturated rings. The normalized spacial score (nSPS) is 12.2. The molecule has 0 unspecified atom stereocenters. The molecule has 0 radical (unpaired) electrons. The molecule has 2 aromatic heterocycles. The zero-order valence-electron chi connectivity index (χ0n) is 15.2. The molecule has 0 aliphatic rings. The van der Waals surface area contributed by atoms with Gasteiger partial charge in [-0.3, -0.25) is 0 Å². The Kier molecular flexibility index (Phi) is 5.52. The van der Waals surface area contributed by atoms with Gasteiger partial charge < -0.3 is 0 Å². The summed E-state index contributed by atoms with van der Waals surface area (Å²) in [4.78, 5) is 5.09. The summed E-state index contributed by atoms with van der Waals surface area (Å²) in [5.41, 5.74) is 2.23. The number of hydrogen-bond donors (Lipinski definition) is 1. The number of fused-ring (bicyclic) bond motifs is 1. The third-order valence-electron chi connectivity index (χ3n) is 4.16. The first-order valence-corrected chi connectivity index (χ1v) is 11.2. The summed E-state index contributed by atoms with van der Waals surface area (Å²) in [6, 6.07) is 15.3. The van der Waals surface area contributed by atoms with Crippen molar-refractivity contribution >= 4 is 32.4 Å². The third kappa shape index (κ3) is 4.76. The molecule has 4 rings (SSSR count). The van der Waals surface area contributed by atoms with E-state index in [2.05, 4.69) is 14.8 Å². The van der Waals surface area contributed by atoms with Crippen LogP contribution in [0.15, 0.2) is 65.4 Å². The molecule has 29 heavy (non-hydrogen) atoms. The SMILES string of the molecule is O=S(=O)(/C=C/c1ccccc1)NCCc1csc2nc(-c3cccc(F)c3)nn12. The molecule has 0 bridgehead atoms. The minimum Gasteiger partial charge on any atom is -0.211 e. The van der Waals surface area contributed by atoms with E-state index in [1.807, 2.05) is 35.7 Å². The highest BCUT2D eigenvalue weighted by Gasteiger charge is 2.13. The van der Waals surface area contributed by atoms with Gasteiger partial charge in [-0.25, -0.2) is 22.0 Å². The lowest BCUT2D eigenvalue weighted by Gasteiger charge is -2.02. The van der Waals surface area contributed by atoms with Gasteiger partial charge in [0.1, 0.15) is 5.82 Å². The summed E-state index contributed by atoms with van der Waals surface area (Å²) >= 11 is 1.40. The Labute approximate surface area is 171 Å². The van der Waals surface area contributed by atoms with Crippen molar-refractivity contribution in [3.8, 4) is 11.4 Å². The largest absolute Gasteiger partial charge is 0.233 e. The van der Waals surface area contributed by atoms with Gasteiger partial charge >= 0.3 is 0 Å². The van der Waals surface area contributed by atoms with Crippen molar-refractivity contribution in [1.29, 1.82) is 0 Å². The van der Waals surface area contributed by atoms with Crippen LogP contribution in [-0.4, -0.2) is 29.6 Å². The van der Waals surface area contributed by atoms with Crippen LogP contribution in [0.4, 0.5) is 4.39 Å². The van der Waals surface area contributed by atoms with Gasteiger partial charge in [0.2, 0.25) is 15.0 Å². The molecule has 0 saturated heterocycles. The van der Waals surface area contributed by atoms with Crippen molar-refractivity contribution in [2.24, 2.45) is 0 Å². The average molecular weight is 429 g/mol. The molecule has 9 heteroatoms. The number of aromatic nitrogens is 3. The van der Waals surface area contributed by atoms with Crippen LogP contribution in [0.1, 0.15) is 11.3 Å². The second-order valence-corrected chi connectivity index (χ2v) is 8.76. The smallest absolute Gasteiger partial charge is 0.211 e. The van der Waals surface area contributed by atoms with Gasteiger partial charge in [0.05, 0.1) is 5.69 Å². The third-order valence-corrected chi connectivity index (χ3v) is 6.12. The summed E-state index contributed by atoms with van der Waals surface area (Å²) in [6.07, 6.45) is 2.00. The quantitative estimate of drug-likeness (QED) is 0.487. The molecule has 0 atom stereocenters. The van der Waals surface area contributed by atoms with E-state index in [0.717, 1.165) is 16.7 Å². The topological polar surface area (TPSA) is 76.4 Å². The van der Waals surface area contributed by atoms with E-state index < -0.39 is 10.0 Å². The van der Waals surface area contributed by atoms with E-state index in [4.69, 9.17) is 0 Å². The van der Waals surface area contributed by atoms with E-state index in [-0.39, 0.29) is 12.4 Å². The van der Waals surface area contributed by atoms with Crippen molar-refractivity contribution in [2.75, 3.05) is 6.54 Å². The number of sulfonamides is 1. The van der Waals surface area contributed by atoms with Crippen LogP contribution >= 0.6 is 11.3 Å². The van der Waals surface area contributed by atoms with Crippen molar-refractivity contribution in [1.82, 2.24) is 19.3 Å². The number of thiazole rings is 1. The fourth-order valence-corrected chi connectivity index (χ4v) is 4.42. The molecular formula is C20H17FN4O2S2. The number of nitrogens with one attached hydrogen (secondary N) is 1. The van der Waals surface area contributed by atoms with Crippen LogP contribution < -0.4 is 4.72 Å². The molecule has 2 aromatic carbocycles. The van der Waals surface area contributed by atoms with Gasteiger partial charge in [-0.2, -0.15) is 4.98 Å². The monoisotopic (exact) mass is 428 g/mol. The van der Waals surface area contributed by atoms with Crippen LogP contribution in [0, 0.1) is 5.82 Å². The Hall–Kier alpha value is -2.88. The molecule has 0 saturated carbocycles. The first-order chi connectivity index (χ1) is 14.0. The van der Waals surface area contributed by atoms with E-state index in [1.54, 1.807) is 22.7 Å². The summed E-state index contributed by atoms with van der Waals surface area (Å²) in [5.74, 6) is 0.0859. The maximum Gasteiger partial charge on any atom is 0.233 e. The summed E-state index contributed by atoms with van der Waals surface area (Å²) in [7, 11) is -3.54. The molecule has 4 aromatic rings. The van der Waals surface area contributed by atoms with E-state index >= 15 is 0 Å². The van der Waals surface area contributed by atoms with Gasteiger partial charge in [0, 0.05) is 29.3 Å². The zero-order valence-corrected chi connectivity index (χ0v) is 16.8. The lowest BCUT2D eigenvalue weighted by atomic mass is 10.2. The summed E-state index contributed by atoms with van der Waals surface area (Å²) in [6.45, 7) is 0.225. The lowest BCUT2D eigenvalue weighted by Crippen LogP contribution is -2.24. The number of benzene rings is 2. The van der Waals surface area contributed by atoms with Gasteiger partial charge in [0.25, 0.3) is 0 Å². The minimum atomic E-state index is -3.54. The van der Waals surface area contributed by atoms with Crippen molar-refractivity contribution in [2.45, 2.75) is 6.42 Å². The summed E-state index contributed by atoms with van der Waals surface area (Å²) < 4.78 is 42.0. The first-order valence-electron chi connectivity index (χ1n) is 8.82. The zero-order chi connectivity index (χ0) is 20.3. The predicted molar refractivity (Wildman–Crippen MR) is 112 cm³/mol. The number of halogens is 1. The highest BCUT2D eigenvalue weighted by molar-refractivity contribution is 7.92. The molecule has 0 aliphatic heterocycles. The average Bonchev–Trinajstić information content (AvgIpc) is 3.29. The van der Waals surface area contributed by atoms with Crippen molar-refractivity contribution in [3.63, 3.8) is 0 Å². The minimum absolute atomic E-state index is 0.225. The van der Waals surface area contributed by atoms with Crippen LogP contribution in [0.2, 0.25) is 0 Å². The predicted octanol–water partition coefficient (Wildman–Crippen LogP) is 3.73. The Morgan fingerprint density at radius 3 is 2.76 bits per heavy atom. The molecule has 2 heterocycles. The van der Waals surface area contributed by atoms with E-state index in [9.17, 15) is 12.8 Å². The molecule has 0 spiro atoms. The molecule has 148 valence electrons. The Morgan fingerprint density at radius 2 is 1.97 bits per heavy atom. The Balaban J connectivity index is 1.43. The van der Waals surface area contributed by atoms with Crippen molar-refractivity contribution < 1.29 is 12.8 Å². The Bertz CT molecular complexity index is 1260. The van der Waals surface area contributed by atoms with E-state index in [0.29, 0.717) is 22.8 Å². The maximum atomic E-state index is 13.4. The van der Waals surface area contributed by atoms with Crippen LogP contribution in [0.25, 0.3) is 22.4 Å². The highest BCUT2D eigenvalue weighted by Crippen LogP contribution is 2.21. The Morgan fingerprint density at radius 1 is 1.14 bits per heavy atom.